The Labute approximate surface area is 115 Å². The molecule has 2 N–H and O–H groups in total. The van der Waals surface area contributed by atoms with Crippen LogP contribution >= 0.6 is 23.2 Å². The Kier molecular flexibility index (Phi) is 5.44. The van der Waals surface area contributed by atoms with Crippen LogP contribution in [0, 0.1) is 5.92 Å². The Morgan fingerprint density at radius 1 is 1.39 bits per heavy atom. The first kappa shape index (κ1) is 14.8. The smallest absolute Gasteiger partial charge is 0.322 e. The average molecular weight is 290 g/mol. The fourth-order valence-electron chi connectivity index (χ4n) is 1.45. The van der Waals surface area contributed by atoms with E-state index in [4.69, 9.17) is 28.3 Å². The molecule has 0 bridgehead atoms. The lowest BCUT2D eigenvalue weighted by Crippen LogP contribution is -2.34. The molecule has 0 aromatic heterocycles. The van der Waals surface area contributed by atoms with Gasteiger partial charge in [-0.2, -0.15) is 0 Å². The quantitative estimate of drug-likeness (QED) is 0.875. The number of carboxylic acid groups (broad SMARTS) is 1. The minimum atomic E-state index is -1.07. The number of hydrogen-bond acceptors (Lipinski definition) is 2. The molecule has 0 aliphatic carbocycles. The predicted molar refractivity (Wildman–Crippen MR) is 70.0 cm³/mol. The van der Waals surface area contributed by atoms with Crippen molar-refractivity contribution in [3.05, 3.63) is 33.8 Å². The Balaban J connectivity index is 2.60. The van der Waals surface area contributed by atoms with Gasteiger partial charge in [-0.3, -0.25) is 9.59 Å². The molecule has 0 unspecified atom stereocenters. The Morgan fingerprint density at radius 3 is 2.61 bits per heavy atom. The second-order valence-electron chi connectivity index (χ2n) is 3.95. The van der Waals surface area contributed by atoms with E-state index in [1.165, 1.54) is 0 Å². The molecule has 0 saturated heterocycles. The third-order valence-corrected chi connectivity index (χ3v) is 2.99. The maximum atomic E-state index is 11.6. The molecular weight excluding hydrogens is 277 g/mol. The van der Waals surface area contributed by atoms with Gasteiger partial charge >= 0.3 is 5.97 Å². The van der Waals surface area contributed by atoms with Gasteiger partial charge in [0.1, 0.15) is 6.54 Å². The summed E-state index contributed by atoms with van der Waals surface area (Å²) >= 11 is 11.8. The number of carbonyl (C=O) groups excluding carboxylic acids is 1. The van der Waals surface area contributed by atoms with Crippen molar-refractivity contribution in [2.24, 2.45) is 5.92 Å². The Morgan fingerprint density at radius 2 is 2.06 bits per heavy atom. The number of hydrogen-bond donors (Lipinski definition) is 2. The van der Waals surface area contributed by atoms with Crippen LogP contribution in [0.3, 0.4) is 0 Å². The standard InChI is InChI=1S/C12H13Cl2NO3/c1-7(12(18)15-6-11(16)17)4-8-2-3-9(13)5-10(8)14/h2-3,5,7H,4,6H2,1H3,(H,15,18)(H,16,17)/t7-/m0/s1. The molecule has 0 saturated carbocycles. The zero-order valence-electron chi connectivity index (χ0n) is 9.74. The molecule has 1 amide bonds. The van der Waals surface area contributed by atoms with Crippen LogP contribution in [-0.4, -0.2) is 23.5 Å². The second kappa shape index (κ2) is 6.61. The summed E-state index contributed by atoms with van der Waals surface area (Å²) in [5.74, 6) is -1.74. The third kappa shape index (κ3) is 4.55. The lowest BCUT2D eigenvalue weighted by atomic mass is 10.0. The van der Waals surface area contributed by atoms with Gasteiger partial charge in [0.2, 0.25) is 5.91 Å². The molecule has 0 aliphatic heterocycles. The van der Waals surface area contributed by atoms with Gasteiger partial charge < -0.3 is 10.4 Å². The van der Waals surface area contributed by atoms with Crippen molar-refractivity contribution >= 4 is 35.1 Å². The van der Waals surface area contributed by atoms with E-state index in [1.807, 2.05) is 0 Å². The molecule has 1 rings (SSSR count). The number of amides is 1. The zero-order chi connectivity index (χ0) is 13.7. The Bertz CT molecular complexity index is 463. The molecule has 98 valence electrons. The molecule has 0 radical (unpaired) electrons. The molecule has 1 atom stereocenters. The van der Waals surface area contributed by atoms with Crippen molar-refractivity contribution < 1.29 is 14.7 Å². The van der Waals surface area contributed by atoms with Crippen LogP contribution in [-0.2, 0) is 16.0 Å². The zero-order valence-corrected chi connectivity index (χ0v) is 11.3. The van der Waals surface area contributed by atoms with Crippen LogP contribution in [0.1, 0.15) is 12.5 Å². The highest BCUT2D eigenvalue weighted by molar-refractivity contribution is 6.35. The molecule has 0 fully saturated rings. The van der Waals surface area contributed by atoms with Gasteiger partial charge in [-0.1, -0.05) is 36.2 Å². The maximum absolute atomic E-state index is 11.6. The van der Waals surface area contributed by atoms with Crippen LogP contribution in [0.2, 0.25) is 10.0 Å². The summed E-state index contributed by atoms with van der Waals surface area (Å²) in [5.41, 5.74) is 0.805. The fraction of sp³-hybridized carbons (Fsp3) is 0.333. The van der Waals surface area contributed by atoms with Crippen molar-refractivity contribution in [3.63, 3.8) is 0 Å². The molecule has 4 nitrogen and oxygen atoms in total. The van der Waals surface area contributed by atoms with Gasteiger partial charge in [0.05, 0.1) is 0 Å². The van der Waals surface area contributed by atoms with Gasteiger partial charge in [0.25, 0.3) is 0 Å². The number of halogens is 2. The van der Waals surface area contributed by atoms with E-state index in [1.54, 1.807) is 25.1 Å². The highest BCUT2D eigenvalue weighted by Gasteiger charge is 2.15. The fourth-order valence-corrected chi connectivity index (χ4v) is 1.93. The number of benzene rings is 1. The van der Waals surface area contributed by atoms with E-state index in [9.17, 15) is 9.59 Å². The van der Waals surface area contributed by atoms with Crippen molar-refractivity contribution in [3.8, 4) is 0 Å². The van der Waals surface area contributed by atoms with Gasteiger partial charge in [-0.05, 0) is 24.1 Å². The molecule has 1 aromatic carbocycles. The largest absolute Gasteiger partial charge is 0.480 e. The normalized spacial score (nSPS) is 11.9. The van der Waals surface area contributed by atoms with E-state index in [2.05, 4.69) is 5.32 Å². The van der Waals surface area contributed by atoms with Crippen molar-refractivity contribution in [1.29, 1.82) is 0 Å². The first-order valence-electron chi connectivity index (χ1n) is 5.33. The third-order valence-electron chi connectivity index (χ3n) is 2.40. The summed E-state index contributed by atoms with van der Waals surface area (Å²) in [5, 5.41) is 11.8. The van der Waals surface area contributed by atoms with Crippen LogP contribution < -0.4 is 5.32 Å². The Hall–Kier alpha value is -1.26. The van der Waals surface area contributed by atoms with Crippen LogP contribution in [0.25, 0.3) is 0 Å². The first-order valence-corrected chi connectivity index (χ1v) is 6.09. The summed E-state index contributed by atoms with van der Waals surface area (Å²) in [4.78, 5) is 21.9. The second-order valence-corrected chi connectivity index (χ2v) is 4.80. The van der Waals surface area contributed by atoms with Crippen LogP contribution in [0.4, 0.5) is 0 Å². The van der Waals surface area contributed by atoms with E-state index in [-0.39, 0.29) is 18.4 Å². The number of aliphatic carboxylic acids is 1. The number of rotatable bonds is 5. The summed E-state index contributed by atoms with van der Waals surface area (Å²) in [7, 11) is 0. The lowest BCUT2D eigenvalue weighted by molar-refractivity contribution is -0.138. The summed E-state index contributed by atoms with van der Waals surface area (Å²) in [6.07, 6.45) is 0.432. The van der Waals surface area contributed by atoms with Gasteiger partial charge in [0.15, 0.2) is 0 Å². The van der Waals surface area contributed by atoms with Crippen molar-refractivity contribution in [1.82, 2.24) is 5.32 Å². The van der Waals surface area contributed by atoms with Gasteiger partial charge in [-0.15, -0.1) is 0 Å². The average Bonchev–Trinajstić information content (AvgIpc) is 2.29. The molecule has 0 heterocycles. The highest BCUT2D eigenvalue weighted by Crippen LogP contribution is 2.23. The molecule has 0 aliphatic rings. The van der Waals surface area contributed by atoms with Crippen molar-refractivity contribution in [2.45, 2.75) is 13.3 Å². The van der Waals surface area contributed by atoms with Crippen LogP contribution in [0.15, 0.2) is 18.2 Å². The SMILES string of the molecule is C[C@@H](Cc1ccc(Cl)cc1Cl)C(=O)NCC(=O)O. The highest BCUT2D eigenvalue weighted by atomic mass is 35.5. The first-order chi connectivity index (χ1) is 8.40. The number of carboxylic acids is 1. The number of nitrogens with one attached hydrogen (secondary N) is 1. The minimum Gasteiger partial charge on any atom is -0.480 e. The molecule has 6 heteroatoms. The minimum absolute atomic E-state index is 0.316. The van der Waals surface area contributed by atoms with E-state index < -0.39 is 5.97 Å². The summed E-state index contributed by atoms with van der Waals surface area (Å²) < 4.78 is 0. The molecule has 18 heavy (non-hydrogen) atoms. The number of carbonyl (C=O) groups is 2. The topological polar surface area (TPSA) is 66.4 Å². The van der Waals surface area contributed by atoms with E-state index >= 15 is 0 Å². The van der Waals surface area contributed by atoms with Gasteiger partial charge in [-0.25, -0.2) is 0 Å². The monoisotopic (exact) mass is 289 g/mol. The van der Waals surface area contributed by atoms with Crippen LogP contribution in [0.5, 0.6) is 0 Å². The molecule has 0 spiro atoms. The van der Waals surface area contributed by atoms with E-state index in [0.29, 0.717) is 16.5 Å². The van der Waals surface area contributed by atoms with Crippen molar-refractivity contribution in [2.75, 3.05) is 6.54 Å². The summed E-state index contributed by atoms with van der Waals surface area (Å²) in [6, 6.07) is 5.07. The lowest BCUT2D eigenvalue weighted by Gasteiger charge is -2.12. The maximum Gasteiger partial charge on any atom is 0.322 e. The van der Waals surface area contributed by atoms with E-state index in [0.717, 1.165) is 5.56 Å². The van der Waals surface area contributed by atoms with Gasteiger partial charge in [0, 0.05) is 16.0 Å². The molecule has 1 aromatic rings. The molecular formula is C12H13Cl2NO3. The predicted octanol–water partition coefficient (Wildman–Crippen LogP) is 2.37. The summed E-state index contributed by atoms with van der Waals surface area (Å²) in [6.45, 7) is 1.33.